The highest BCUT2D eigenvalue weighted by atomic mass is 16.6. The van der Waals surface area contributed by atoms with Crippen molar-refractivity contribution in [2.45, 2.75) is 25.9 Å². The van der Waals surface area contributed by atoms with E-state index in [1.807, 2.05) is 47.6 Å². The Morgan fingerprint density at radius 3 is 2.79 bits per heavy atom. The van der Waals surface area contributed by atoms with Crippen LogP contribution in [0.5, 0.6) is 5.75 Å². The van der Waals surface area contributed by atoms with Crippen LogP contribution in [0.2, 0.25) is 0 Å². The highest BCUT2D eigenvalue weighted by molar-refractivity contribution is 6.02. The lowest BCUT2D eigenvalue weighted by atomic mass is 9.95. The average Bonchev–Trinajstić information content (AvgIpc) is 2.73. The van der Waals surface area contributed by atoms with Crippen LogP contribution in [0, 0.1) is 0 Å². The minimum atomic E-state index is -0.612. The number of benzene rings is 1. The van der Waals surface area contributed by atoms with Gasteiger partial charge in [0.15, 0.2) is 11.9 Å². The Hall–Kier alpha value is -3.06. The molecule has 29 heavy (non-hydrogen) atoms. The Kier molecular flexibility index (Phi) is 7.08. The van der Waals surface area contributed by atoms with Crippen molar-refractivity contribution in [3.05, 3.63) is 65.5 Å². The number of hydrogen-bond acceptors (Lipinski definition) is 7. The predicted octanol–water partition coefficient (Wildman–Crippen LogP) is 2.30. The molecule has 0 bridgehead atoms. The van der Waals surface area contributed by atoms with E-state index in [2.05, 4.69) is 5.43 Å². The summed E-state index contributed by atoms with van der Waals surface area (Å²) in [7, 11) is 1.50. The van der Waals surface area contributed by atoms with E-state index in [9.17, 15) is 9.59 Å². The lowest BCUT2D eigenvalue weighted by molar-refractivity contribution is -0.154. The SMILES string of the molecule is CCOC(=O)C(Cc1ccc(OCCN2C=C3C=CCC(=O)C3=CN2)cc1)OC. The van der Waals surface area contributed by atoms with E-state index in [4.69, 9.17) is 14.2 Å². The molecule has 7 heteroatoms. The van der Waals surface area contributed by atoms with Crippen molar-refractivity contribution < 1.29 is 23.8 Å². The topological polar surface area (TPSA) is 77.1 Å². The zero-order chi connectivity index (χ0) is 20.6. The summed E-state index contributed by atoms with van der Waals surface area (Å²) in [6.07, 6.45) is 7.78. The maximum Gasteiger partial charge on any atom is 0.335 e. The minimum absolute atomic E-state index is 0.126. The first kappa shape index (κ1) is 20.7. The molecule has 1 aromatic carbocycles. The number of hydrazine groups is 1. The predicted molar refractivity (Wildman–Crippen MR) is 108 cm³/mol. The van der Waals surface area contributed by atoms with E-state index in [1.54, 1.807) is 13.1 Å². The lowest BCUT2D eigenvalue weighted by Gasteiger charge is -2.27. The number of hydrogen-bond donors (Lipinski definition) is 1. The molecule has 154 valence electrons. The van der Waals surface area contributed by atoms with Crippen molar-refractivity contribution in [1.82, 2.24) is 10.4 Å². The number of carbonyl (C=O) groups excluding carboxylic acids is 2. The van der Waals surface area contributed by atoms with Crippen LogP contribution in [0.25, 0.3) is 0 Å². The molecule has 1 aliphatic carbocycles. The fraction of sp³-hybridized carbons (Fsp3) is 0.364. The van der Waals surface area contributed by atoms with Gasteiger partial charge in [-0.05, 0) is 24.6 Å². The summed E-state index contributed by atoms with van der Waals surface area (Å²) < 4.78 is 16.0. The highest BCUT2D eigenvalue weighted by Gasteiger charge is 2.20. The number of Topliss-reactive ketones (excluding diaryl/α,β-unsaturated/α-hetero) is 1. The van der Waals surface area contributed by atoms with Gasteiger partial charge in [-0.25, -0.2) is 4.79 Å². The number of esters is 1. The first-order valence-electron chi connectivity index (χ1n) is 9.66. The molecular formula is C22H26N2O5. The van der Waals surface area contributed by atoms with Crippen molar-refractivity contribution in [2.75, 3.05) is 26.9 Å². The molecule has 7 nitrogen and oxygen atoms in total. The molecule has 1 atom stereocenters. The van der Waals surface area contributed by atoms with Crippen LogP contribution in [0.15, 0.2) is 60.0 Å². The third-order valence-electron chi connectivity index (χ3n) is 4.66. The van der Waals surface area contributed by atoms with Crippen LogP contribution < -0.4 is 10.2 Å². The standard InChI is InChI=1S/C22H26N2O5/c1-3-28-22(26)21(27-2)13-16-7-9-18(10-8-16)29-12-11-24-15-17-5-4-6-20(25)19(17)14-23-24/h4-5,7-10,14-15,21,23H,3,6,11-13H2,1-2H3. The van der Waals surface area contributed by atoms with Crippen LogP contribution >= 0.6 is 0 Å². The number of ether oxygens (including phenoxy) is 3. The number of ketones is 1. The van der Waals surface area contributed by atoms with Crippen molar-refractivity contribution in [3.8, 4) is 5.75 Å². The number of nitrogens with zero attached hydrogens (tertiary/aromatic N) is 1. The monoisotopic (exact) mass is 398 g/mol. The second-order valence-corrected chi connectivity index (χ2v) is 6.67. The van der Waals surface area contributed by atoms with Crippen LogP contribution in [0.3, 0.4) is 0 Å². The molecule has 0 radical (unpaired) electrons. The van der Waals surface area contributed by atoms with E-state index in [0.29, 0.717) is 32.6 Å². The summed E-state index contributed by atoms with van der Waals surface area (Å²) in [6, 6.07) is 7.57. The average molecular weight is 398 g/mol. The third-order valence-corrected chi connectivity index (χ3v) is 4.66. The largest absolute Gasteiger partial charge is 0.492 e. The molecule has 0 fully saturated rings. The van der Waals surface area contributed by atoms with Gasteiger partial charge in [0.1, 0.15) is 12.4 Å². The maximum absolute atomic E-state index is 11.8. The lowest BCUT2D eigenvalue weighted by Crippen LogP contribution is -2.37. The van der Waals surface area contributed by atoms with Crippen molar-refractivity contribution >= 4 is 11.8 Å². The van der Waals surface area contributed by atoms with Gasteiger partial charge in [-0.15, -0.1) is 0 Å². The molecule has 1 N–H and O–H groups in total. The van der Waals surface area contributed by atoms with E-state index in [-0.39, 0.29) is 11.8 Å². The summed E-state index contributed by atoms with van der Waals surface area (Å²) in [5.41, 5.74) is 5.69. The number of rotatable bonds is 9. The van der Waals surface area contributed by atoms with E-state index >= 15 is 0 Å². The van der Waals surface area contributed by atoms with Gasteiger partial charge < -0.3 is 19.6 Å². The van der Waals surface area contributed by atoms with Gasteiger partial charge in [0.25, 0.3) is 0 Å². The fourth-order valence-electron chi connectivity index (χ4n) is 3.11. The van der Waals surface area contributed by atoms with Gasteiger partial charge >= 0.3 is 5.97 Å². The second kappa shape index (κ2) is 9.93. The van der Waals surface area contributed by atoms with Gasteiger partial charge in [-0.3, -0.25) is 9.80 Å². The third kappa shape index (κ3) is 5.48. The molecule has 1 heterocycles. The quantitative estimate of drug-likeness (QED) is 0.640. The van der Waals surface area contributed by atoms with Gasteiger partial charge in [0, 0.05) is 43.5 Å². The molecule has 1 aromatic rings. The molecular weight excluding hydrogens is 372 g/mol. The molecule has 0 amide bonds. The molecule has 1 aliphatic heterocycles. The Bertz CT molecular complexity index is 826. The molecule has 0 spiro atoms. The van der Waals surface area contributed by atoms with Crippen molar-refractivity contribution in [1.29, 1.82) is 0 Å². The molecule has 0 saturated carbocycles. The molecule has 0 aromatic heterocycles. The molecule has 3 rings (SSSR count). The molecule has 2 aliphatic rings. The van der Waals surface area contributed by atoms with Crippen LogP contribution in [-0.4, -0.2) is 49.7 Å². The first-order chi connectivity index (χ1) is 14.1. The molecule has 0 saturated heterocycles. The van der Waals surface area contributed by atoms with Gasteiger partial charge in [-0.1, -0.05) is 24.3 Å². The normalized spacial score (nSPS) is 16.3. The fourth-order valence-corrected chi connectivity index (χ4v) is 3.11. The Labute approximate surface area is 170 Å². The van der Waals surface area contributed by atoms with Crippen LogP contribution in [0.1, 0.15) is 18.9 Å². The van der Waals surface area contributed by atoms with Crippen molar-refractivity contribution in [2.24, 2.45) is 0 Å². The van der Waals surface area contributed by atoms with E-state index < -0.39 is 6.10 Å². The smallest absolute Gasteiger partial charge is 0.335 e. The minimum Gasteiger partial charge on any atom is -0.492 e. The van der Waals surface area contributed by atoms with Gasteiger partial charge in [-0.2, -0.15) is 0 Å². The second-order valence-electron chi connectivity index (χ2n) is 6.67. The zero-order valence-electron chi connectivity index (χ0n) is 16.7. The van der Waals surface area contributed by atoms with Gasteiger partial charge in [0.05, 0.1) is 13.2 Å². The van der Waals surface area contributed by atoms with Crippen LogP contribution in [-0.2, 0) is 25.5 Å². The maximum atomic E-state index is 11.8. The number of nitrogens with one attached hydrogen (secondary N) is 1. The zero-order valence-corrected chi connectivity index (χ0v) is 16.7. The van der Waals surface area contributed by atoms with E-state index in [1.165, 1.54) is 7.11 Å². The number of allylic oxidation sites excluding steroid dienone is 4. The Morgan fingerprint density at radius 1 is 1.28 bits per heavy atom. The number of fused-ring (bicyclic) bond motifs is 1. The number of methoxy groups -OCH3 is 1. The Morgan fingerprint density at radius 2 is 2.07 bits per heavy atom. The summed E-state index contributed by atoms with van der Waals surface area (Å²) in [5.74, 6) is 0.513. The van der Waals surface area contributed by atoms with Crippen LogP contribution in [0.4, 0.5) is 0 Å². The summed E-state index contributed by atoms with van der Waals surface area (Å²) >= 11 is 0. The summed E-state index contributed by atoms with van der Waals surface area (Å²) in [4.78, 5) is 23.7. The number of carbonyl (C=O) groups is 2. The highest BCUT2D eigenvalue weighted by Crippen LogP contribution is 2.22. The Balaban J connectivity index is 1.47. The van der Waals surface area contributed by atoms with E-state index in [0.717, 1.165) is 22.5 Å². The summed E-state index contributed by atoms with van der Waals surface area (Å²) in [5, 5.41) is 1.89. The van der Waals surface area contributed by atoms with Crippen molar-refractivity contribution in [3.63, 3.8) is 0 Å². The first-order valence-corrected chi connectivity index (χ1v) is 9.66. The summed E-state index contributed by atoms with van der Waals surface area (Å²) in [6.45, 7) is 3.19. The van der Waals surface area contributed by atoms with Gasteiger partial charge in [0.2, 0.25) is 0 Å². The molecule has 1 unspecified atom stereocenters.